The smallest absolute Gasteiger partial charge is 0.212 e. The Morgan fingerprint density at radius 1 is 1.05 bits per heavy atom. The number of benzene rings is 2. The van der Waals surface area contributed by atoms with Crippen LogP contribution in [0.1, 0.15) is 16.7 Å². The molecule has 112 valence electrons. The number of hydrogen-bond donors (Lipinski definition) is 1. The van der Waals surface area contributed by atoms with Crippen LogP contribution in [0.5, 0.6) is 0 Å². The summed E-state index contributed by atoms with van der Waals surface area (Å²) in [4.78, 5) is 1.17. The molecule has 0 saturated heterocycles. The first-order valence-corrected chi connectivity index (χ1v) is 9.52. The van der Waals surface area contributed by atoms with Crippen molar-refractivity contribution in [1.82, 2.24) is 4.72 Å². The van der Waals surface area contributed by atoms with E-state index in [1.165, 1.54) is 4.90 Å². The van der Waals surface area contributed by atoms with Crippen molar-refractivity contribution >= 4 is 21.8 Å². The molecule has 0 atom stereocenters. The number of hydrogen-bond acceptors (Lipinski definition) is 3. The number of nitrogens with one attached hydrogen (secondary N) is 1. The van der Waals surface area contributed by atoms with E-state index in [0.717, 1.165) is 16.7 Å². The highest BCUT2D eigenvalue weighted by Crippen LogP contribution is 2.15. The van der Waals surface area contributed by atoms with Crippen molar-refractivity contribution in [3.05, 3.63) is 65.2 Å². The van der Waals surface area contributed by atoms with Gasteiger partial charge in [-0.25, -0.2) is 13.1 Å². The second-order valence-corrected chi connectivity index (χ2v) is 7.54. The normalized spacial score (nSPS) is 11.5. The highest BCUT2D eigenvalue weighted by molar-refractivity contribution is 7.98. The summed E-state index contributed by atoms with van der Waals surface area (Å²) in [5, 5.41) is 0. The first kappa shape index (κ1) is 16.1. The lowest BCUT2D eigenvalue weighted by atomic mass is 10.1. The van der Waals surface area contributed by atoms with Crippen molar-refractivity contribution in [1.29, 1.82) is 0 Å². The number of sulfonamides is 1. The molecule has 3 nitrogen and oxygen atoms in total. The van der Waals surface area contributed by atoms with Gasteiger partial charge in [0.25, 0.3) is 0 Å². The monoisotopic (exact) mass is 321 g/mol. The van der Waals surface area contributed by atoms with Crippen LogP contribution in [0.15, 0.2) is 53.4 Å². The summed E-state index contributed by atoms with van der Waals surface area (Å²) < 4.78 is 26.9. The van der Waals surface area contributed by atoms with Crippen molar-refractivity contribution in [2.24, 2.45) is 0 Å². The van der Waals surface area contributed by atoms with Crippen molar-refractivity contribution in [3.8, 4) is 0 Å². The molecule has 0 spiro atoms. The fourth-order valence-electron chi connectivity index (χ4n) is 1.96. The molecule has 0 aliphatic rings. The van der Waals surface area contributed by atoms with Gasteiger partial charge in [0.1, 0.15) is 0 Å². The van der Waals surface area contributed by atoms with E-state index >= 15 is 0 Å². The lowest BCUT2D eigenvalue weighted by Gasteiger charge is -2.09. The standard InChI is InChI=1S/C16H19NO2S2/c1-13-5-3-4-6-15(13)12-21(18,19)17-11-14-7-9-16(20-2)10-8-14/h3-10,17H,11-12H2,1-2H3. The van der Waals surface area contributed by atoms with Crippen LogP contribution in [0, 0.1) is 6.92 Å². The van der Waals surface area contributed by atoms with Crippen molar-refractivity contribution in [3.63, 3.8) is 0 Å². The molecule has 2 rings (SSSR count). The van der Waals surface area contributed by atoms with E-state index in [9.17, 15) is 8.42 Å². The van der Waals surface area contributed by atoms with Crippen molar-refractivity contribution < 1.29 is 8.42 Å². The zero-order valence-electron chi connectivity index (χ0n) is 12.2. The molecule has 0 saturated carbocycles. The van der Waals surface area contributed by atoms with Crippen LogP contribution in [0.4, 0.5) is 0 Å². The molecule has 0 heterocycles. The Labute approximate surface area is 130 Å². The summed E-state index contributed by atoms with van der Waals surface area (Å²) in [6.45, 7) is 2.24. The van der Waals surface area contributed by atoms with Crippen LogP contribution in [0.25, 0.3) is 0 Å². The minimum Gasteiger partial charge on any atom is -0.212 e. The summed E-state index contributed by atoms with van der Waals surface area (Å²) in [5.74, 6) is 0.0164. The largest absolute Gasteiger partial charge is 0.216 e. The molecule has 0 aliphatic carbocycles. The SMILES string of the molecule is CSc1ccc(CNS(=O)(=O)Cc2ccccc2C)cc1. The molecule has 2 aromatic rings. The summed E-state index contributed by atoms with van der Waals surface area (Å²) in [6, 6.07) is 15.4. The first-order valence-electron chi connectivity index (χ1n) is 6.65. The second kappa shape index (κ2) is 7.11. The number of aryl methyl sites for hydroxylation is 1. The zero-order chi connectivity index (χ0) is 15.3. The van der Waals surface area contributed by atoms with E-state index in [4.69, 9.17) is 0 Å². The Hall–Kier alpha value is -1.30. The van der Waals surface area contributed by atoms with Crippen LogP contribution >= 0.6 is 11.8 Å². The van der Waals surface area contributed by atoms with E-state index in [2.05, 4.69) is 4.72 Å². The maximum absolute atomic E-state index is 12.1. The van der Waals surface area contributed by atoms with Gasteiger partial charge in [0.15, 0.2) is 0 Å². The number of thioether (sulfide) groups is 1. The molecule has 5 heteroatoms. The predicted octanol–water partition coefficient (Wildman–Crippen LogP) is 3.34. The molecular formula is C16H19NO2S2. The van der Waals surface area contributed by atoms with Gasteiger partial charge in [-0.2, -0.15) is 0 Å². The zero-order valence-corrected chi connectivity index (χ0v) is 13.8. The molecule has 21 heavy (non-hydrogen) atoms. The van der Waals surface area contributed by atoms with E-state index < -0.39 is 10.0 Å². The van der Waals surface area contributed by atoms with E-state index in [1.807, 2.05) is 61.7 Å². The van der Waals surface area contributed by atoms with Gasteiger partial charge in [-0.1, -0.05) is 36.4 Å². The Bertz CT molecular complexity index is 694. The maximum Gasteiger partial charge on any atom is 0.216 e. The van der Waals surface area contributed by atoms with Crippen molar-refractivity contribution in [2.75, 3.05) is 6.26 Å². The van der Waals surface area contributed by atoms with Gasteiger partial charge in [-0.05, 0) is 42.0 Å². The molecular weight excluding hydrogens is 302 g/mol. The molecule has 0 unspecified atom stereocenters. The third-order valence-corrected chi connectivity index (χ3v) is 5.28. The highest BCUT2D eigenvalue weighted by atomic mass is 32.2. The van der Waals surface area contributed by atoms with Gasteiger partial charge in [0, 0.05) is 11.4 Å². The lowest BCUT2D eigenvalue weighted by molar-refractivity contribution is 0.580. The third kappa shape index (κ3) is 4.88. The molecule has 0 aliphatic heterocycles. The van der Waals surface area contributed by atoms with Crippen molar-refractivity contribution in [2.45, 2.75) is 24.1 Å². The summed E-state index contributed by atoms with van der Waals surface area (Å²) in [5.41, 5.74) is 2.79. The van der Waals surface area contributed by atoms with Gasteiger partial charge in [-0.15, -0.1) is 11.8 Å². The highest BCUT2D eigenvalue weighted by Gasteiger charge is 2.12. The van der Waals surface area contributed by atoms with Gasteiger partial charge in [0.2, 0.25) is 10.0 Å². The Morgan fingerprint density at radius 2 is 1.71 bits per heavy atom. The van der Waals surface area contributed by atoms with Crippen LogP contribution in [-0.4, -0.2) is 14.7 Å². The maximum atomic E-state index is 12.1. The fraction of sp³-hybridized carbons (Fsp3) is 0.250. The Kier molecular flexibility index (Phi) is 5.45. The van der Waals surface area contributed by atoms with Crippen LogP contribution in [-0.2, 0) is 22.3 Å². The van der Waals surface area contributed by atoms with Gasteiger partial charge >= 0.3 is 0 Å². The Morgan fingerprint density at radius 3 is 2.33 bits per heavy atom. The molecule has 0 aromatic heterocycles. The third-order valence-electron chi connectivity index (χ3n) is 3.26. The minimum absolute atomic E-state index is 0.0164. The van der Waals surface area contributed by atoms with Crippen LogP contribution < -0.4 is 4.72 Å². The summed E-state index contributed by atoms with van der Waals surface area (Å²) in [6.07, 6.45) is 2.01. The minimum atomic E-state index is -3.33. The van der Waals surface area contributed by atoms with E-state index in [-0.39, 0.29) is 5.75 Å². The molecule has 2 aromatic carbocycles. The Balaban J connectivity index is 1.99. The number of rotatable bonds is 6. The quantitative estimate of drug-likeness (QED) is 0.830. The van der Waals surface area contributed by atoms with E-state index in [1.54, 1.807) is 11.8 Å². The average Bonchev–Trinajstić information content (AvgIpc) is 2.48. The summed E-state index contributed by atoms with van der Waals surface area (Å²) in [7, 11) is -3.33. The van der Waals surface area contributed by atoms with Gasteiger partial charge < -0.3 is 0 Å². The lowest BCUT2D eigenvalue weighted by Crippen LogP contribution is -2.25. The van der Waals surface area contributed by atoms with Gasteiger partial charge in [-0.3, -0.25) is 0 Å². The average molecular weight is 321 g/mol. The molecule has 0 radical (unpaired) electrons. The predicted molar refractivity (Wildman–Crippen MR) is 88.9 cm³/mol. The fourth-order valence-corrected chi connectivity index (χ4v) is 3.59. The second-order valence-electron chi connectivity index (χ2n) is 4.85. The first-order chi connectivity index (χ1) is 10.00. The molecule has 1 N–H and O–H groups in total. The summed E-state index contributed by atoms with van der Waals surface area (Å²) >= 11 is 1.67. The van der Waals surface area contributed by atoms with Gasteiger partial charge in [0.05, 0.1) is 5.75 Å². The van der Waals surface area contributed by atoms with E-state index in [0.29, 0.717) is 6.54 Å². The van der Waals surface area contributed by atoms with Crippen LogP contribution in [0.2, 0.25) is 0 Å². The molecule has 0 fully saturated rings. The van der Waals surface area contributed by atoms with Crippen LogP contribution in [0.3, 0.4) is 0 Å². The topological polar surface area (TPSA) is 46.2 Å². The molecule has 0 bridgehead atoms. The molecule has 0 amide bonds.